The molecule has 0 bridgehead atoms. The molecule has 7 atom stereocenters. The summed E-state index contributed by atoms with van der Waals surface area (Å²) in [5, 5.41) is 2.58. The maximum atomic E-state index is 5.63. The van der Waals surface area contributed by atoms with Crippen LogP contribution in [0.3, 0.4) is 0 Å². The molecule has 1 aromatic heterocycles. The van der Waals surface area contributed by atoms with Gasteiger partial charge in [0.2, 0.25) is 0 Å². The topological polar surface area (TPSA) is 25.4 Å². The Morgan fingerprint density at radius 1 is 0.941 bits per heavy atom. The molecular weight excluding hydrogens is 416 g/mol. The molecule has 0 spiro atoms. The first-order valence-corrected chi connectivity index (χ1v) is 14.1. The lowest BCUT2D eigenvalue weighted by Gasteiger charge is -2.56. The summed E-state index contributed by atoms with van der Waals surface area (Å²) in [5.41, 5.74) is 3.44. The molecule has 3 saturated carbocycles. The summed E-state index contributed by atoms with van der Waals surface area (Å²) < 4.78 is 5.63. The number of rotatable bonds is 2. The summed E-state index contributed by atoms with van der Waals surface area (Å²) in [6.07, 6.45) is 18.0. The predicted molar refractivity (Wildman–Crippen MR) is 138 cm³/mol. The standard InChI is InChI=1S/C31H40N2O/c1-31-12-10-27-26-7-5-25(33-14-16-34-17-15-33)19-22(26)4-6-28(27)30(31)9-8-29(31)23-3-2-21-11-13-32-20-24(21)18-23/h2-3,8,11,13,18,20,22,25-28,30H,4-7,9-10,12,14-17,19H2,1H3/t22-,25-,26-,27+,28+,30-,31+/m0/s1. The molecule has 3 heteroatoms. The Balaban J connectivity index is 1.09. The number of allylic oxidation sites excluding steroid dienone is 2. The van der Waals surface area contributed by atoms with E-state index in [0.29, 0.717) is 5.41 Å². The minimum Gasteiger partial charge on any atom is -0.379 e. The van der Waals surface area contributed by atoms with Crippen molar-refractivity contribution >= 4 is 16.3 Å². The van der Waals surface area contributed by atoms with Gasteiger partial charge >= 0.3 is 0 Å². The van der Waals surface area contributed by atoms with Gasteiger partial charge in [0.15, 0.2) is 0 Å². The summed E-state index contributed by atoms with van der Waals surface area (Å²) in [6.45, 7) is 6.82. The van der Waals surface area contributed by atoms with Crippen molar-refractivity contribution in [1.82, 2.24) is 9.88 Å². The van der Waals surface area contributed by atoms with Crippen LogP contribution >= 0.6 is 0 Å². The highest BCUT2D eigenvalue weighted by molar-refractivity contribution is 5.86. The van der Waals surface area contributed by atoms with Crippen LogP contribution in [0.15, 0.2) is 42.7 Å². The van der Waals surface area contributed by atoms with Crippen molar-refractivity contribution in [3.05, 3.63) is 48.3 Å². The summed E-state index contributed by atoms with van der Waals surface area (Å²) >= 11 is 0. The van der Waals surface area contributed by atoms with E-state index in [9.17, 15) is 0 Å². The van der Waals surface area contributed by atoms with Crippen LogP contribution in [0.5, 0.6) is 0 Å². The molecular formula is C31H40N2O. The molecule has 0 N–H and O–H groups in total. The maximum Gasteiger partial charge on any atom is 0.0594 e. The van der Waals surface area contributed by atoms with Crippen LogP contribution in [0.1, 0.15) is 63.9 Å². The lowest BCUT2D eigenvalue weighted by molar-refractivity contribution is -0.0620. The minimum atomic E-state index is 0.356. The van der Waals surface area contributed by atoms with Gasteiger partial charge in [-0.2, -0.15) is 0 Å². The molecule has 0 unspecified atom stereocenters. The predicted octanol–water partition coefficient (Wildman–Crippen LogP) is 6.58. The Labute approximate surface area is 205 Å². The third-order valence-electron chi connectivity index (χ3n) is 11.0. The normalized spacial score (nSPS) is 40.3. The van der Waals surface area contributed by atoms with E-state index in [1.165, 1.54) is 67.7 Å². The monoisotopic (exact) mass is 456 g/mol. The van der Waals surface area contributed by atoms with Crippen LogP contribution in [-0.2, 0) is 4.74 Å². The van der Waals surface area contributed by atoms with Gasteiger partial charge in [0.1, 0.15) is 0 Å². The Hall–Kier alpha value is -1.71. The molecule has 180 valence electrons. The van der Waals surface area contributed by atoms with Crippen LogP contribution in [0.4, 0.5) is 0 Å². The van der Waals surface area contributed by atoms with Crippen molar-refractivity contribution in [3.8, 4) is 0 Å². The second kappa shape index (κ2) is 8.45. The molecule has 0 amide bonds. The van der Waals surface area contributed by atoms with Gasteiger partial charge in [0.25, 0.3) is 0 Å². The van der Waals surface area contributed by atoms with Gasteiger partial charge in [0.05, 0.1) is 13.2 Å². The first-order chi connectivity index (χ1) is 16.7. The first kappa shape index (κ1) is 21.6. The molecule has 5 aliphatic rings. The highest BCUT2D eigenvalue weighted by Crippen LogP contribution is 2.64. The number of hydrogen-bond acceptors (Lipinski definition) is 3. The highest BCUT2D eigenvalue weighted by atomic mass is 16.5. The van der Waals surface area contributed by atoms with Gasteiger partial charge in [-0.25, -0.2) is 0 Å². The number of fused-ring (bicyclic) bond motifs is 6. The number of morpholine rings is 1. The largest absolute Gasteiger partial charge is 0.379 e. The van der Waals surface area contributed by atoms with Crippen molar-refractivity contribution < 1.29 is 4.74 Å². The summed E-state index contributed by atoms with van der Waals surface area (Å²) in [5.74, 6) is 4.75. The summed E-state index contributed by atoms with van der Waals surface area (Å²) in [6, 6.07) is 10.0. The second-order valence-electron chi connectivity index (χ2n) is 12.3. The third-order valence-corrected chi connectivity index (χ3v) is 11.0. The highest BCUT2D eigenvalue weighted by Gasteiger charge is 2.55. The van der Waals surface area contributed by atoms with Gasteiger partial charge in [-0.05, 0) is 115 Å². The Kier molecular flexibility index (Phi) is 5.36. The first-order valence-electron chi connectivity index (χ1n) is 14.1. The molecule has 7 rings (SSSR count). The van der Waals surface area contributed by atoms with Crippen LogP contribution in [0.25, 0.3) is 16.3 Å². The average Bonchev–Trinajstić information content (AvgIpc) is 3.25. The second-order valence-corrected chi connectivity index (χ2v) is 12.3. The molecule has 2 aromatic rings. The van der Waals surface area contributed by atoms with Gasteiger partial charge in [-0.15, -0.1) is 0 Å². The molecule has 1 aromatic carbocycles. The van der Waals surface area contributed by atoms with Crippen molar-refractivity contribution in [1.29, 1.82) is 0 Å². The van der Waals surface area contributed by atoms with Crippen molar-refractivity contribution in [2.45, 2.75) is 64.3 Å². The van der Waals surface area contributed by atoms with Gasteiger partial charge in [0, 0.05) is 36.9 Å². The third kappa shape index (κ3) is 3.41. The minimum absolute atomic E-state index is 0.356. The van der Waals surface area contributed by atoms with Crippen LogP contribution in [-0.4, -0.2) is 42.2 Å². The van der Waals surface area contributed by atoms with Gasteiger partial charge < -0.3 is 4.74 Å². The summed E-state index contributed by atoms with van der Waals surface area (Å²) in [4.78, 5) is 7.14. The fraction of sp³-hybridized carbons (Fsp3) is 0.645. The fourth-order valence-corrected chi connectivity index (χ4v) is 9.37. The van der Waals surface area contributed by atoms with Crippen LogP contribution in [0.2, 0.25) is 0 Å². The Morgan fingerprint density at radius 2 is 1.82 bits per heavy atom. The van der Waals surface area contributed by atoms with E-state index in [1.807, 2.05) is 12.4 Å². The Morgan fingerprint density at radius 3 is 2.74 bits per heavy atom. The van der Waals surface area contributed by atoms with E-state index in [-0.39, 0.29) is 0 Å². The lowest BCUT2D eigenvalue weighted by atomic mass is 9.49. The van der Waals surface area contributed by atoms with Gasteiger partial charge in [-0.1, -0.05) is 25.1 Å². The fourth-order valence-electron chi connectivity index (χ4n) is 9.37. The smallest absolute Gasteiger partial charge is 0.0594 e. The number of ether oxygens (including phenoxy) is 1. The van der Waals surface area contributed by atoms with E-state index in [4.69, 9.17) is 4.74 Å². The van der Waals surface area contributed by atoms with E-state index in [0.717, 1.165) is 61.9 Å². The van der Waals surface area contributed by atoms with Crippen molar-refractivity contribution in [3.63, 3.8) is 0 Å². The number of aromatic nitrogens is 1. The lowest BCUT2D eigenvalue weighted by Crippen LogP contribution is -2.51. The van der Waals surface area contributed by atoms with Gasteiger partial charge in [-0.3, -0.25) is 9.88 Å². The molecule has 1 saturated heterocycles. The van der Waals surface area contributed by atoms with E-state index in [1.54, 1.807) is 5.57 Å². The summed E-state index contributed by atoms with van der Waals surface area (Å²) in [7, 11) is 0. The van der Waals surface area contributed by atoms with Crippen molar-refractivity contribution in [2.24, 2.45) is 35.0 Å². The molecule has 4 aliphatic carbocycles. The van der Waals surface area contributed by atoms with E-state index in [2.05, 4.69) is 47.1 Å². The average molecular weight is 457 g/mol. The van der Waals surface area contributed by atoms with E-state index < -0.39 is 0 Å². The Bertz CT molecular complexity index is 1090. The molecule has 0 radical (unpaired) electrons. The zero-order valence-electron chi connectivity index (χ0n) is 20.8. The molecule has 4 fully saturated rings. The molecule has 3 nitrogen and oxygen atoms in total. The zero-order valence-corrected chi connectivity index (χ0v) is 20.8. The quantitative estimate of drug-likeness (QED) is 0.510. The molecule has 1 aliphatic heterocycles. The number of nitrogens with zero attached hydrogens (tertiary/aromatic N) is 2. The number of pyridine rings is 1. The maximum absolute atomic E-state index is 5.63. The molecule has 2 heterocycles. The number of hydrogen-bond donors (Lipinski definition) is 0. The zero-order chi connectivity index (χ0) is 22.7. The van der Waals surface area contributed by atoms with E-state index >= 15 is 0 Å². The SMILES string of the molecule is C[C@]12CC[C@H]3[C@@H](CC[C@H]4C[C@@H](N5CCOCC5)CC[C@@H]43)[C@@H]1CC=C2c1ccc2ccncc2c1. The molecule has 34 heavy (non-hydrogen) atoms. The van der Waals surface area contributed by atoms with Crippen molar-refractivity contribution in [2.75, 3.05) is 26.3 Å². The van der Waals surface area contributed by atoms with Crippen LogP contribution in [0, 0.1) is 35.0 Å². The van der Waals surface area contributed by atoms with Crippen LogP contribution < -0.4 is 0 Å². The number of benzene rings is 1.